The number of ether oxygens (including phenoxy) is 1. The van der Waals surface area contributed by atoms with Crippen molar-refractivity contribution < 1.29 is 23.1 Å². The van der Waals surface area contributed by atoms with Crippen LogP contribution in [0.5, 0.6) is 0 Å². The minimum atomic E-state index is -0.315. The van der Waals surface area contributed by atoms with Crippen LogP contribution >= 0.6 is 0 Å². The van der Waals surface area contributed by atoms with Gasteiger partial charge in [0.1, 0.15) is 11.6 Å². The van der Waals surface area contributed by atoms with Gasteiger partial charge in [0.25, 0.3) is 0 Å². The summed E-state index contributed by atoms with van der Waals surface area (Å²) in [5, 5.41) is 0. The standard InChI is InChI=1S/C28H35FN2O4/c1-34-10-8-30(27(33)28-14-21-11-22(15-28)13-23(12-21)16-28)19-26(32)31(18-25-3-2-9-35-25)17-20-4-6-24(29)7-5-20/h2-7,9,21-23H,8,10-19H2,1H3. The Morgan fingerprint density at radius 1 is 1.00 bits per heavy atom. The van der Waals surface area contributed by atoms with E-state index in [-0.39, 0.29) is 36.1 Å². The number of carbonyl (C=O) groups excluding carboxylic acids is 2. The van der Waals surface area contributed by atoms with Crippen LogP contribution in [0.15, 0.2) is 47.1 Å². The van der Waals surface area contributed by atoms with E-state index in [1.165, 1.54) is 31.4 Å². The molecule has 0 radical (unpaired) electrons. The zero-order chi connectivity index (χ0) is 24.4. The molecule has 1 aromatic heterocycles. The van der Waals surface area contributed by atoms with Crippen molar-refractivity contribution in [2.75, 3.05) is 26.8 Å². The summed E-state index contributed by atoms with van der Waals surface area (Å²) in [6.07, 6.45) is 8.25. The Hall–Kier alpha value is -2.67. The topological polar surface area (TPSA) is 63.0 Å². The molecule has 35 heavy (non-hydrogen) atoms. The summed E-state index contributed by atoms with van der Waals surface area (Å²) < 4.78 is 24.2. The lowest BCUT2D eigenvalue weighted by molar-refractivity contribution is -0.161. The number of hydrogen-bond acceptors (Lipinski definition) is 4. The van der Waals surface area contributed by atoms with E-state index in [4.69, 9.17) is 9.15 Å². The maximum Gasteiger partial charge on any atom is 0.242 e. The molecule has 0 aliphatic heterocycles. The second-order valence-corrected chi connectivity index (χ2v) is 10.9. The van der Waals surface area contributed by atoms with Crippen LogP contribution in [0.1, 0.15) is 49.8 Å². The minimum absolute atomic E-state index is 0.00580. The first-order valence-electron chi connectivity index (χ1n) is 12.8. The van der Waals surface area contributed by atoms with E-state index in [1.807, 2.05) is 6.07 Å². The monoisotopic (exact) mass is 482 g/mol. The molecule has 4 bridgehead atoms. The van der Waals surface area contributed by atoms with Gasteiger partial charge in [0.15, 0.2) is 0 Å². The molecule has 0 atom stereocenters. The van der Waals surface area contributed by atoms with Gasteiger partial charge in [0.2, 0.25) is 11.8 Å². The summed E-state index contributed by atoms with van der Waals surface area (Å²) in [4.78, 5) is 31.0. The molecule has 1 aromatic carbocycles. The summed E-state index contributed by atoms with van der Waals surface area (Å²) in [6, 6.07) is 9.77. The van der Waals surface area contributed by atoms with Crippen LogP contribution in [0, 0.1) is 29.0 Å². The summed E-state index contributed by atoms with van der Waals surface area (Å²) in [6.45, 7) is 1.39. The fourth-order valence-electron chi connectivity index (χ4n) is 7.06. The number of amides is 2. The van der Waals surface area contributed by atoms with Crippen LogP contribution in [0.4, 0.5) is 4.39 Å². The minimum Gasteiger partial charge on any atom is -0.467 e. The molecule has 6 nitrogen and oxygen atoms in total. The van der Waals surface area contributed by atoms with Gasteiger partial charge >= 0.3 is 0 Å². The molecule has 0 spiro atoms. The van der Waals surface area contributed by atoms with Gasteiger partial charge < -0.3 is 19.0 Å². The highest BCUT2D eigenvalue weighted by Crippen LogP contribution is 2.60. The first-order chi connectivity index (χ1) is 16.9. The first kappa shape index (κ1) is 24.0. The van der Waals surface area contributed by atoms with Crippen LogP contribution in [0.2, 0.25) is 0 Å². The quantitative estimate of drug-likeness (QED) is 0.495. The first-order valence-corrected chi connectivity index (χ1v) is 12.8. The molecular formula is C28H35FN2O4. The van der Waals surface area contributed by atoms with Gasteiger partial charge in [-0.3, -0.25) is 9.59 Å². The maximum absolute atomic E-state index is 14.0. The largest absolute Gasteiger partial charge is 0.467 e. The van der Waals surface area contributed by atoms with Crippen molar-refractivity contribution in [1.29, 1.82) is 0 Å². The molecule has 4 fully saturated rings. The average molecular weight is 483 g/mol. The fraction of sp³-hybridized carbons (Fsp3) is 0.571. The number of methoxy groups -OCH3 is 1. The van der Waals surface area contributed by atoms with E-state index < -0.39 is 0 Å². The number of rotatable bonds is 10. The van der Waals surface area contributed by atoms with Crippen molar-refractivity contribution in [3.8, 4) is 0 Å². The molecule has 0 saturated heterocycles. The highest BCUT2D eigenvalue weighted by Gasteiger charge is 2.55. The van der Waals surface area contributed by atoms with Gasteiger partial charge in [-0.15, -0.1) is 0 Å². The van der Waals surface area contributed by atoms with Gasteiger partial charge in [0, 0.05) is 20.2 Å². The van der Waals surface area contributed by atoms with Crippen molar-refractivity contribution in [3.05, 3.63) is 59.8 Å². The van der Waals surface area contributed by atoms with E-state index in [2.05, 4.69) is 0 Å². The van der Waals surface area contributed by atoms with Crippen LogP contribution in [-0.4, -0.2) is 48.4 Å². The van der Waals surface area contributed by atoms with Crippen LogP contribution in [-0.2, 0) is 27.4 Å². The number of carbonyl (C=O) groups is 2. The number of nitrogens with zero attached hydrogens (tertiary/aromatic N) is 2. The maximum atomic E-state index is 14.0. The number of furan rings is 1. The Kier molecular flexibility index (Phi) is 6.96. The third kappa shape index (κ3) is 5.30. The van der Waals surface area contributed by atoms with Crippen molar-refractivity contribution in [2.24, 2.45) is 23.2 Å². The normalized spacial score (nSPS) is 26.6. The molecular weight excluding hydrogens is 447 g/mol. The Morgan fingerprint density at radius 3 is 2.23 bits per heavy atom. The Bertz CT molecular complexity index is 985. The van der Waals surface area contributed by atoms with Crippen LogP contribution in [0.25, 0.3) is 0 Å². The SMILES string of the molecule is COCCN(CC(=O)N(Cc1ccc(F)cc1)Cc1ccco1)C(=O)C12CC3CC(CC(C3)C1)C2. The lowest BCUT2D eigenvalue weighted by Gasteiger charge is -2.56. The molecule has 4 aliphatic rings. The number of halogens is 1. The summed E-state index contributed by atoms with van der Waals surface area (Å²) >= 11 is 0. The summed E-state index contributed by atoms with van der Waals surface area (Å²) in [5.41, 5.74) is 0.508. The molecule has 2 aromatic rings. The number of hydrogen-bond donors (Lipinski definition) is 0. The Balaban J connectivity index is 1.34. The van der Waals surface area contributed by atoms with E-state index >= 15 is 0 Å². The lowest BCUT2D eigenvalue weighted by atomic mass is 9.49. The molecule has 7 heteroatoms. The molecule has 0 unspecified atom stereocenters. The molecule has 2 amide bonds. The average Bonchev–Trinajstić information content (AvgIpc) is 3.34. The zero-order valence-corrected chi connectivity index (χ0v) is 20.5. The van der Waals surface area contributed by atoms with E-state index in [0.29, 0.717) is 43.2 Å². The second kappa shape index (κ2) is 10.1. The lowest BCUT2D eigenvalue weighted by Crippen LogP contribution is -2.56. The van der Waals surface area contributed by atoms with Crippen molar-refractivity contribution in [2.45, 2.75) is 51.6 Å². The Morgan fingerprint density at radius 2 is 1.66 bits per heavy atom. The highest BCUT2D eigenvalue weighted by atomic mass is 19.1. The third-order valence-electron chi connectivity index (χ3n) is 8.24. The van der Waals surface area contributed by atoms with Gasteiger partial charge in [0.05, 0.1) is 31.4 Å². The van der Waals surface area contributed by atoms with Crippen molar-refractivity contribution >= 4 is 11.8 Å². The van der Waals surface area contributed by atoms with Gasteiger partial charge in [-0.1, -0.05) is 12.1 Å². The molecule has 6 rings (SSSR count). The summed E-state index contributed by atoms with van der Waals surface area (Å²) in [5.74, 6) is 2.28. The fourth-order valence-corrected chi connectivity index (χ4v) is 7.06. The van der Waals surface area contributed by atoms with Crippen molar-refractivity contribution in [3.63, 3.8) is 0 Å². The van der Waals surface area contributed by atoms with E-state index in [9.17, 15) is 14.0 Å². The Labute approximate surface area is 206 Å². The van der Waals surface area contributed by atoms with Crippen LogP contribution < -0.4 is 0 Å². The van der Waals surface area contributed by atoms with Gasteiger partial charge in [-0.25, -0.2) is 4.39 Å². The summed E-state index contributed by atoms with van der Waals surface area (Å²) in [7, 11) is 1.62. The third-order valence-corrected chi connectivity index (χ3v) is 8.24. The van der Waals surface area contributed by atoms with Crippen molar-refractivity contribution in [1.82, 2.24) is 9.80 Å². The van der Waals surface area contributed by atoms with Gasteiger partial charge in [-0.2, -0.15) is 0 Å². The predicted molar refractivity (Wildman–Crippen MR) is 128 cm³/mol. The van der Waals surface area contributed by atoms with Gasteiger partial charge in [-0.05, 0) is 86.1 Å². The van der Waals surface area contributed by atoms with Crippen LogP contribution in [0.3, 0.4) is 0 Å². The number of benzene rings is 1. The molecule has 188 valence electrons. The molecule has 4 aliphatic carbocycles. The smallest absolute Gasteiger partial charge is 0.242 e. The highest BCUT2D eigenvalue weighted by molar-refractivity contribution is 5.88. The zero-order valence-electron chi connectivity index (χ0n) is 20.5. The molecule has 4 saturated carbocycles. The predicted octanol–water partition coefficient (Wildman–Crippen LogP) is 4.64. The molecule has 1 heterocycles. The second-order valence-electron chi connectivity index (χ2n) is 10.9. The molecule has 0 N–H and O–H groups in total. The van der Waals surface area contributed by atoms with E-state index in [1.54, 1.807) is 41.4 Å². The van der Waals surface area contributed by atoms with E-state index in [0.717, 1.165) is 24.8 Å².